The van der Waals surface area contributed by atoms with Gasteiger partial charge in [-0.25, -0.2) is 9.97 Å². The Kier molecular flexibility index (Phi) is 5.36. The predicted octanol–water partition coefficient (Wildman–Crippen LogP) is 4.64. The van der Waals surface area contributed by atoms with E-state index >= 15 is 0 Å². The molecular weight excluding hydrogens is 384 g/mol. The third-order valence-electron chi connectivity index (χ3n) is 5.22. The van der Waals surface area contributed by atoms with E-state index in [0.717, 1.165) is 59.0 Å². The second-order valence-corrected chi connectivity index (χ2v) is 7.30. The van der Waals surface area contributed by atoms with Crippen molar-refractivity contribution in [2.45, 2.75) is 7.43 Å². The number of nitrogens with zero attached hydrogens (tertiary/aromatic N) is 5. The van der Waals surface area contributed by atoms with E-state index in [-0.39, 0.29) is 7.43 Å². The van der Waals surface area contributed by atoms with Crippen LogP contribution in [-0.4, -0.2) is 46.3 Å². The average Bonchev–Trinajstić information content (AvgIpc) is 3.29. The fourth-order valence-electron chi connectivity index (χ4n) is 3.71. The first-order valence-corrected chi connectivity index (χ1v) is 9.65. The van der Waals surface area contributed by atoms with Gasteiger partial charge in [-0.15, -0.1) is 0 Å². The lowest BCUT2D eigenvalue weighted by Crippen LogP contribution is -2.46. The lowest BCUT2D eigenvalue weighted by molar-refractivity contribution is 0.649. The maximum Gasteiger partial charge on any atom is 0.140 e. The molecule has 7 heteroatoms. The summed E-state index contributed by atoms with van der Waals surface area (Å²) < 4.78 is 0. The number of benzene rings is 2. The third-order valence-corrected chi connectivity index (χ3v) is 5.47. The van der Waals surface area contributed by atoms with Crippen molar-refractivity contribution in [3.8, 4) is 11.1 Å². The number of rotatable bonds is 3. The molecule has 1 N–H and O–H groups in total. The van der Waals surface area contributed by atoms with Gasteiger partial charge in [0.1, 0.15) is 12.1 Å². The SMILES string of the molecule is C.Clc1ccc(N2CCN(c3ncnc4ccc(-c5cn[nH]c5)cc34)CC2)cc1. The summed E-state index contributed by atoms with van der Waals surface area (Å²) in [7, 11) is 0. The van der Waals surface area contributed by atoms with Crippen LogP contribution in [-0.2, 0) is 0 Å². The lowest BCUT2D eigenvalue weighted by Gasteiger charge is -2.37. The summed E-state index contributed by atoms with van der Waals surface area (Å²) in [6.07, 6.45) is 5.38. The van der Waals surface area contributed by atoms with Crippen LogP contribution in [0.15, 0.2) is 61.2 Å². The topological polar surface area (TPSA) is 60.9 Å². The summed E-state index contributed by atoms with van der Waals surface area (Å²) in [5.41, 5.74) is 4.33. The highest BCUT2D eigenvalue weighted by molar-refractivity contribution is 6.30. The number of piperazine rings is 1. The van der Waals surface area contributed by atoms with Gasteiger partial charge in [-0.1, -0.05) is 25.1 Å². The van der Waals surface area contributed by atoms with Gasteiger partial charge < -0.3 is 9.80 Å². The zero-order chi connectivity index (χ0) is 18.9. The Balaban J connectivity index is 0.00000205. The highest BCUT2D eigenvalue weighted by atomic mass is 35.5. The van der Waals surface area contributed by atoms with Crippen LogP contribution in [0.3, 0.4) is 0 Å². The van der Waals surface area contributed by atoms with Gasteiger partial charge in [-0.3, -0.25) is 5.10 Å². The molecule has 0 spiro atoms. The van der Waals surface area contributed by atoms with Crippen LogP contribution in [0, 0.1) is 0 Å². The smallest absolute Gasteiger partial charge is 0.140 e. The molecule has 1 aliphatic rings. The summed E-state index contributed by atoms with van der Waals surface area (Å²) >= 11 is 6.01. The Morgan fingerprint density at radius 2 is 1.62 bits per heavy atom. The number of anilines is 2. The largest absolute Gasteiger partial charge is 0.368 e. The molecule has 2 aromatic heterocycles. The zero-order valence-electron chi connectivity index (χ0n) is 15.2. The van der Waals surface area contributed by atoms with E-state index < -0.39 is 0 Å². The normalized spacial score (nSPS) is 14.1. The summed E-state index contributed by atoms with van der Waals surface area (Å²) in [5.74, 6) is 0.992. The number of H-pyrrole nitrogens is 1. The standard InChI is InChI=1S/C21H19ClN6.CH4/c22-17-2-4-18(5-3-17)27-7-9-28(10-8-27)21-19-11-15(16-12-25-26-13-16)1-6-20(19)23-14-24-21;/h1-6,11-14H,7-10H2,(H,25,26);1H4. The Hall–Kier alpha value is -3.12. The maximum absolute atomic E-state index is 6.01. The van der Waals surface area contributed by atoms with E-state index in [4.69, 9.17) is 11.6 Å². The molecule has 0 saturated carbocycles. The molecule has 0 bridgehead atoms. The molecule has 4 aromatic rings. The molecule has 3 heterocycles. The van der Waals surface area contributed by atoms with Crippen LogP contribution >= 0.6 is 11.6 Å². The second-order valence-electron chi connectivity index (χ2n) is 6.87. The van der Waals surface area contributed by atoms with Crippen molar-refractivity contribution >= 4 is 34.0 Å². The molecule has 1 aliphatic heterocycles. The molecular formula is C22H23ClN6. The molecule has 0 atom stereocenters. The first kappa shape index (κ1) is 19.2. The van der Waals surface area contributed by atoms with Gasteiger partial charge in [0.2, 0.25) is 0 Å². The number of aromatic amines is 1. The van der Waals surface area contributed by atoms with E-state index in [1.54, 1.807) is 6.33 Å². The fourth-order valence-corrected chi connectivity index (χ4v) is 3.84. The third kappa shape index (κ3) is 3.76. The summed E-state index contributed by atoms with van der Waals surface area (Å²) in [6.45, 7) is 3.69. The molecule has 1 saturated heterocycles. The van der Waals surface area contributed by atoms with Gasteiger partial charge in [-0.05, 0) is 42.0 Å². The lowest BCUT2D eigenvalue weighted by atomic mass is 10.1. The van der Waals surface area contributed by atoms with Crippen LogP contribution in [0.2, 0.25) is 5.02 Å². The minimum absolute atomic E-state index is 0. The summed E-state index contributed by atoms with van der Waals surface area (Å²) in [6, 6.07) is 14.3. The van der Waals surface area contributed by atoms with Crippen molar-refractivity contribution in [3.05, 3.63) is 66.2 Å². The molecule has 6 nitrogen and oxygen atoms in total. The number of hydrogen-bond acceptors (Lipinski definition) is 5. The average molecular weight is 407 g/mol. The van der Waals surface area contributed by atoms with Gasteiger partial charge in [0, 0.05) is 54.0 Å². The van der Waals surface area contributed by atoms with Crippen LogP contribution in [0.25, 0.3) is 22.0 Å². The van der Waals surface area contributed by atoms with Gasteiger partial charge in [0.25, 0.3) is 0 Å². The quantitative estimate of drug-likeness (QED) is 0.537. The Morgan fingerprint density at radius 1 is 0.862 bits per heavy atom. The van der Waals surface area contributed by atoms with Gasteiger partial charge in [0.15, 0.2) is 0 Å². The molecule has 5 rings (SSSR count). The highest BCUT2D eigenvalue weighted by Gasteiger charge is 2.20. The number of halogens is 1. The van der Waals surface area contributed by atoms with Crippen molar-refractivity contribution in [1.29, 1.82) is 0 Å². The minimum Gasteiger partial charge on any atom is -0.368 e. The van der Waals surface area contributed by atoms with Crippen LogP contribution < -0.4 is 9.80 Å². The molecule has 0 radical (unpaired) electrons. The molecule has 1 fully saturated rings. The number of fused-ring (bicyclic) bond motifs is 1. The van der Waals surface area contributed by atoms with Crippen molar-refractivity contribution in [2.75, 3.05) is 36.0 Å². The highest BCUT2D eigenvalue weighted by Crippen LogP contribution is 2.29. The predicted molar refractivity (Wildman–Crippen MR) is 120 cm³/mol. The molecule has 29 heavy (non-hydrogen) atoms. The van der Waals surface area contributed by atoms with Crippen LogP contribution in [0.5, 0.6) is 0 Å². The second kappa shape index (κ2) is 8.09. The zero-order valence-corrected chi connectivity index (χ0v) is 16.0. The maximum atomic E-state index is 6.01. The van der Waals surface area contributed by atoms with E-state index in [0.29, 0.717) is 0 Å². The van der Waals surface area contributed by atoms with Crippen LogP contribution in [0.4, 0.5) is 11.5 Å². The van der Waals surface area contributed by atoms with E-state index in [1.165, 1.54) is 5.69 Å². The summed E-state index contributed by atoms with van der Waals surface area (Å²) in [4.78, 5) is 13.8. The fraction of sp³-hybridized carbons (Fsp3) is 0.227. The molecule has 0 aliphatic carbocycles. The first-order chi connectivity index (χ1) is 13.8. The Bertz CT molecular complexity index is 1090. The molecule has 148 valence electrons. The van der Waals surface area contributed by atoms with Gasteiger partial charge in [0.05, 0.1) is 11.7 Å². The minimum atomic E-state index is 0. The number of aromatic nitrogens is 4. The Labute approximate surface area is 175 Å². The molecule has 0 unspecified atom stereocenters. The van der Waals surface area contributed by atoms with Crippen LogP contribution in [0.1, 0.15) is 7.43 Å². The Morgan fingerprint density at radius 3 is 2.34 bits per heavy atom. The van der Waals surface area contributed by atoms with E-state index in [1.807, 2.05) is 30.6 Å². The van der Waals surface area contributed by atoms with Gasteiger partial charge >= 0.3 is 0 Å². The van der Waals surface area contributed by atoms with Crippen molar-refractivity contribution in [3.63, 3.8) is 0 Å². The number of hydrogen-bond donors (Lipinski definition) is 1. The van der Waals surface area contributed by atoms with Crippen molar-refractivity contribution in [2.24, 2.45) is 0 Å². The first-order valence-electron chi connectivity index (χ1n) is 9.27. The van der Waals surface area contributed by atoms with Gasteiger partial charge in [-0.2, -0.15) is 5.10 Å². The van der Waals surface area contributed by atoms with Crippen molar-refractivity contribution in [1.82, 2.24) is 20.2 Å². The molecule has 0 amide bonds. The molecule has 2 aromatic carbocycles. The monoisotopic (exact) mass is 406 g/mol. The number of nitrogens with one attached hydrogen (secondary N) is 1. The van der Waals surface area contributed by atoms with Crippen molar-refractivity contribution < 1.29 is 0 Å². The summed E-state index contributed by atoms with van der Waals surface area (Å²) in [5, 5.41) is 8.76. The van der Waals surface area contributed by atoms with E-state index in [2.05, 4.69) is 54.2 Å². The van der Waals surface area contributed by atoms with E-state index in [9.17, 15) is 0 Å².